The number of rotatable bonds is 2. The van der Waals surface area contributed by atoms with Gasteiger partial charge in [-0.1, -0.05) is 24.3 Å². The van der Waals surface area contributed by atoms with Crippen molar-refractivity contribution in [2.45, 2.75) is 32.6 Å². The normalized spacial score (nSPS) is 13.3. The van der Waals surface area contributed by atoms with E-state index >= 15 is 0 Å². The van der Waals surface area contributed by atoms with Gasteiger partial charge in [-0.25, -0.2) is 0 Å². The van der Waals surface area contributed by atoms with Crippen LogP contribution in [-0.2, 0) is 30.5 Å². The highest BCUT2D eigenvalue weighted by atomic mass is 16.6. The van der Waals surface area contributed by atoms with Gasteiger partial charge in [-0.3, -0.25) is 14.9 Å². The molecular weight excluding hydrogens is 292 g/mol. The van der Waals surface area contributed by atoms with Gasteiger partial charge >= 0.3 is 0 Å². The summed E-state index contributed by atoms with van der Waals surface area (Å²) in [4.78, 5) is 22.5. The van der Waals surface area contributed by atoms with Crippen LogP contribution in [-0.4, -0.2) is 10.8 Å². The second-order valence-corrected chi connectivity index (χ2v) is 5.89. The Morgan fingerprint density at radius 1 is 1.00 bits per heavy atom. The van der Waals surface area contributed by atoms with Crippen LogP contribution in [0.15, 0.2) is 36.4 Å². The van der Waals surface area contributed by atoms with Crippen molar-refractivity contribution >= 4 is 17.3 Å². The second-order valence-electron chi connectivity index (χ2n) is 5.89. The van der Waals surface area contributed by atoms with Crippen LogP contribution in [0.5, 0.6) is 0 Å². The van der Waals surface area contributed by atoms with Crippen molar-refractivity contribution in [3.8, 4) is 0 Å². The molecule has 0 fully saturated rings. The van der Waals surface area contributed by atoms with Crippen LogP contribution in [0.1, 0.15) is 29.2 Å². The predicted molar refractivity (Wildman–Crippen MR) is 88.7 cm³/mol. The van der Waals surface area contributed by atoms with Gasteiger partial charge < -0.3 is 5.32 Å². The Labute approximate surface area is 134 Å². The predicted octanol–water partition coefficient (Wildman–Crippen LogP) is 3.44. The third kappa shape index (κ3) is 3.39. The molecule has 5 nitrogen and oxygen atoms in total. The van der Waals surface area contributed by atoms with E-state index in [9.17, 15) is 14.9 Å². The minimum atomic E-state index is -0.329. The summed E-state index contributed by atoms with van der Waals surface area (Å²) in [7, 11) is 0. The lowest BCUT2D eigenvalue weighted by molar-refractivity contribution is -0.385. The molecular formula is C18H18N2O3. The van der Waals surface area contributed by atoms with E-state index in [1.807, 2.05) is 0 Å². The maximum atomic E-state index is 11.4. The van der Waals surface area contributed by atoms with Crippen LogP contribution < -0.4 is 5.32 Å². The van der Waals surface area contributed by atoms with Crippen LogP contribution in [0, 0.1) is 10.1 Å². The fraction of sp³-hybridized carbons (Fsp3) is 0.278. The van der Waals surface area contributed by atoms with Crippen LogP contribution >= 0.6 is 0 Å². The van der Waals surface area contributed by atoms with E-state index in [-0.39, 0.29) is 16.5 Å². The lowest BCUT2D eigenvalue weighted by Crippen LogP contribution is -2.11. The van der Waals surface area contributed by atoms with Crippen molar-refractivity contribution in [2.75, 3.05) is 5.32 Å². The molecule has 0 unspecified atom stereocenters. The molecule has 0 atom stereocenters. The first kappa shape index (κ1) is 15.2. The highest BCUT2D eigenvalue weighted by Crippen LogP contribution is 2.30. The Bertz CT molecular complexity index is 767. The monoisotopic (exact) mass is 310 g/mol. The maximum Gasteiger partial charge on any atom is 0.273 e. The summed E-state index contributed by atoms with van der Waals surface area (Å²) < 4.78 is 0. The highest BCUT2D eigenvalue weighted by molar-refractivity contribution is 5.90. The number of amides is 1. The van der Waals surface area contributed by atoms with Gasteiger partial charge in [-0.15, -0.1) is 0 Å². The van der Waals surface area contributed by atoms with Crippen molar-refractivity contribution in [1.82, 2.24) is 0 Å². The van der Waals surface area contributed by atoms with E-state index in [1.165, 1.54) is 12.5 Å². The molecule has 4 aliphatic rings. The molecule has 0 heterocycles. The number of nitrogens with zero attached hydrogens (tertiary/aromatic N) is 1. The number of hydrogen-bond donors (Lipinski definition) is 1. The van der Waals surface area contributed by atoms with E-state index in [1.54, 1.807) is 12.1 Å². The van der Waals surface area contributed by atoms with Gasteiger partial charge in [-0.05, 0) is 48.4 Å². The Hall–Kier alpha value is -2.69. The van der Waals surface area contributed by atoms with E-state index in [4.69, 9.17) is 0 Å². The van der Waals surface area contributed by atoms with Crippen molar-refractivity contribution in [3.63, 3.8) is 0 Å². The van der Waals surface area contributed by atoms with E-state index in [2.05, 4.69) is 29.6 Å². The number of nitro groups is 1. The fourth-order valence-corrected chi connectivity index (χ4v) is 2.99. The van der Waals surface area contributed by atoms with Crippen LogP contribution in [0.3, 0.4) is 0 Å². The maximum absolute atomic E-state index is 11.4. The van der Waals surface area contributed by atoms with Crippen LogP contribution in [0.2, 0.25) is 0 Å². The Morgan fingerprint density at radius 3 is 2.09 bits per heavy atom. The SMILES string of the molecule is CC(=O)Nc1cc2c([N+](=O)[O-])cc1CCc1ccc(cc1)CC2. The molecule has 0 aliphatic heterocycles. The molecule has 23 heavy (non-hydrogen) atoms. The van der Waals surface area contributed by atoms with Gasteiger partial charge in [0.1, 0.15) is 0 Å². The molecule has 1 amide bonds. The zero-order valence-corrected chi connectivity index (χ0v) is 13.0. The summed E-state index contributed by atoms with van der Waals surface area (Å²) in [6.07, 6.45) is 2.74. The van der Waals surface area contributed by atoms with Gasteiger partial charge in [-0.2, -0.15) is 0 Å². The fourth-order valence-electron chi connectivity index (χ4n) is 2.99. The molecule has 0 spiro atoms. The van der Waals surface area contributed by atoms with Gasteiger partial charge in [0, 0.05) is 24.2 Å². The minimum Gasteiger partial charge on any atom is -0.326 e. The Kier molecular flexibility index (Phi) is 4.10. The molecule has 118 valence electrons. The van der Waals surface area contributed by atoms with Gasteiger partial charge in [0.2, 0.25) is 5.91 Å². The number of carbonyl (C=O) groups excluding carboxylic acids is 1. The molecule has 0 radical (unpaired) electrons. The number of anilines is 1. The standard InChI is InChI=1S/C18H18N2O3/c1-12(21)19-17-10-16-9-7-14-4-2-13(3-5-14)6-8-15(17)11-18(16)20(22)23/h2-5,10-11H,6-9H2,1H3,(H,19,21). The largest absolute Gasteiger partial charge is 0.326 e. The number of aryl methyl sites for hydroxylation is 4. The average molecular weight is 310 g/mol. The third-order valence-corrected chi connectivity index (χ3v) is 4.20. The van der Waals surface area contributed by atoms with E-state index in [0.29, 0.717) is 24.1 Å². The van der Waals surface area contributed by atoms with Gasteiger partial charge in [0.05, 0.1) is 4.92 Å². The summed E-state index contributed by atoms with van der Waals surface area (Å²) in [5.41, 5.74) is 4.65. The lowest BCUT2D eigenvalue weighted by atomic mass is 9.94. The van der Waals surface area contributed by atoms with Crippen molar-refractivity contribution in [3.05, 3.63) is 68.8 Å². The minimum absolute atomic E-state index is 0.143. The molecule has 2 aromatic carbocycles. The first-order valence-corrected chi connectivity index (χ1v) is 7.68. The summed E-state index contributed by atoms with van der Waals surface area (Å²) in [6, 6.07) is 11.8. The summed E-state index contributed by atoms with van der Waals surface area (Å²) in [5.74, 6) is -0.165. The third-order valence-electron chi connectivity index (χ3n) is 4.20. The molecule has 0 aromatic heterocycles. The lowest BCUT2D eigenvalue weighted by Gasteiger charge is -2.15. The molecule has 0 saturated heterocycles. The summed E-state index contributed by atoms with van der Waals surface area (Å²) >= 11 is 0. The Morgan fingerprint density at radius 2 is 1.57 bits per heavy atom. The molecule has 2 aromatic rings. The smallest absolute Gasteiger partial charge is 0.273 e. The van der Waals surface area contributed by atoms with E-state index in [0.717, 1.165) is 24.0 Å². The number of nitrogens with one attached hydrogen (secondary N) is 1. The van der Waals surface area contributed by atoms with E-state index < -0.39 is 0 Å². The first-order valence-electron chi connectivity index (χ1n) is 7.68. The van der Waals surface area contributed by atoms with Crippen molar-refractivity contribution < 1.29 is 9.72 Å². The summed E-state index contributed by atoms with van der Waals surface area (Å²) in [6.45, 7) is 1.45. The topological polar surface area (TPSA) is 72.2 Å². The number of carbonyl (C=O) groups is 1. The molecule has 1 N–H and O–H groups in total. The molecule has 4 bridgehead atoms. The summed E-state index contributed by atoms with van der Waals surface area (Å²) in [5, 5.41) is 14.2. The molecule has 5 heteroatoms. The number of nitro benzene ring substituents is 1. The second kappa shape index (κ2) is 6.20. The first-order chi connectivity index (χ1) is 11.0. The van der Waals surface area contributed by atoms with Crippen LogP contribution in [0.4, 0.5) is 11.4 Å². The quantitative estimate of drug-likeness (QED) is 0.682. The van der Waals surface area contributed by atoms with Crippen LogP contribution in [0.25, 0.3) is 0 Å². The zero-order chi connectivity index (χ0) is 16.4. The molecule has 4 aliphatic carbocycles. The highest BCUT2D eigenvalue weighted by Gasteiger charge is 2.19. The Balaban J connectivity index is 2.10. The number of benzene rings is 2. The molecule has 6 rings (SSSR count). The van der Waals surface area contributed by atoms with Crippen molar-refractivity contribution in [1.29, 1.82) is 0 Å². The van der Waals surface area contributed by atoms with Gasteiger partial charge in [0.25, 0.3) is 5.69 Å². The zero-order valence-electron chi connectivity index (χ0n) is 13.0. The molecule has 0 saturated carbocycles. The van der Waals surface area contributed by atoms with Crippen molar-refractivity contribution in [2.24, 2.45) is 0 Å². The van der Waals surface area contributed by atoms with Gasteiger partial charge in [0.15, 0.2) is 0 Å². The average Bonchev–Trinajstić information content (AvgIpc) is 2.49. The number of hydrogen-bond acceptors (Lipinski definition) is 3.